The number of benzene rings is 2. The minimum absolute atomic E-state index is 0.0253. The largest absolute Gasteiger partial charge is 0.508 e. The molecule has 2 bridgehead atoms. The van der Waals surface area contributed by atoms with Crippen LogP contribution >= 0.6 is 0 Å². The van der Waals surface area contributed by atoms with Crippen LogP contribution < -0.4 is 37.6 Å². The summed E-state index contributed by atoms with van der Waals surface area (Å²) in [5.41, 5.74) is 6.87. The lowest BCUT2D eigenvalue weighted by Gasteiger charge is -2.44. The number of methoxy groups -OCH3 is 1. The molecule has 0 unspecified atom stereocenters. The maximum Gasteiger partial charge on any atom is 0.397 e. The summed E-state index contributed by atoms with van der Waals surface area (Å²) in [6, 6.07) is 4.05. The van der Waals surface area contributed by atoms with Crippen LogP contribution in [0.5, 0.6) is 5.75 Å². The highest BCUT2D eigenvalue weighted by Crippen LogP contribution is 2.28. The maximum absolute atomic E-state index is 15.0. The van der Waals surface area contributed by atoms with E-state index in [-0.39, 0.29) is 70.1 Å². The molecule has 7 amide bonds. The first-order valence-electron chi connectivity index (χ1n) is 26.9. The fourth-order valence-corrected chi connectivity index (χ4v) is 9.48. The van der Waals surface area contributed by atoms with E-state index in [1.165, 1.54) is 38.2 Å². The molecule has 0 spiro atoms. The molecule has 2 aromatic carbocycles. The summed E-state index contributed by atoms with van der Waals surface area (Å²) in [6.45, 7) is 6.94. The zero-order valence-electron chi connectivity index (χ0n) is 46.6. The van der Waals surface area contributed by atoms with Crippen LogP contribution in [0.3, 0.4) is 0 Å². The Morgan fingerprint density at radius 2 is 1.51 bits per heavy atom. The van der Waals surface area contributed by atoms with Crippen LogP contribution in [0.25, 0.3) is 0 Å². The van der Waals surface area contributed by atoms with E-state index in [4.69, 9.17) is 15.2 Å². The number of piperidine rings is 1. The molecule has 2 fully saturated rings. The Bertz CT molecular complexity index is 2600. The van der Waals surface area contributed by atoms with Gasteiger partial charge in [-0.25, -0.2) is 8.98 Å². The molecule has 0 aliphatic carbocycles. The number of hydrogen-bond donors (Lipinski definition) is 11. The minimum Gasteiger partial charge on any atom is -0.508 e. The topological polar surface area (TPSA) is 401 Å². The third-order valence-electron chi connectivity index (χ3n) is 14.5. The molecule has 2 aliphatic heterocycles. The normalized spacial score (nSPS) is 24.6. The van der Waals surface area contributed by atoms with Crippen molar-refractivity contribution in [3.8, 4) is 5.75 Å². The van der Waals surface area contributed by atoms with Crippen molar-refractivity contribution in [2.75, 3.05) is 27.3 Å². The van der Waals surface area contributed by atoms with Crippen molar-refractivity contribution in [2.24, 2.45) is 17.6 Å². The quantitative estimate of drug-likeness (QED) is 0.0346. The lowest BCUT2D eigenvalue weighted by atomic mass is 9.91. The number of nitrogens with two attached hydrogens (primary N) is 1. The Morgan fingerprint density at radius 1 is 0.852 bits per heavy atom. The van der Waals surface area contributed by atoms with E-state index in [0.29, 0.717) is 17.5 Å². The van der Waals surface area contributed by atoms with Crippen LogP contribution in [0.2, 0.25) is 0 Å². The van der Waals surface area contributed by atoms with Gasteiger partial charge in [-0.15, -0.1) is 0 Å². The molecular weight excluding hydrogens is 1080 g/mol. The zero-order chi connectivity index (χ0) is 60.3. The number of phenols is 1. The number of likely N-dealkylation sites (N-methyl/N-ethyl adjacent to an activating group) is 1. The highest BCUT2D eigenvalue weighted by atomic mass is 32.3. The summed E-state index contributed by atoms with van der Waals surface area (Å²) < 4.78 is 47.4. The predicted octanol–water partition coefficient (Wildman–Crippen LogP) is -0.871. The van der Waals surface area contributed by atoms with E-state index in [9.17, 15) is 66.6 Å². The number of carboxylic acid groups (broad SMARTS) is 1. The summed E-state index contributed by atoms with van der Waals surface area (Å²) >= 11 is 0. The predicted molar refractivity (Wildman–Crippen MR) is 289 cm³/mol. The van der Waals surface area contributed by atoms with Gasteiger partial charge in [-0.1, -0.05) is 89.4 Å². The van der Waals surface area contributed by atoms with Crippen LogP contribution in [0.1, 0.15) is 97.1 Å². The molecular formula is C53H79N9O18S. The van der Waals surface area contributed by atoms with Gasteiger partial charge in [-0.2, -0.15) is 8.42 Å². The van der Waals surface area contributed by atoms with Gasteiger partial charge < -0.3 is 66.9 Å². The number of nitrogens with one attached hydrogen (secondary N) is 6. The number of esters is 1. The van der Waals surface area contributed by atoms with Crippen molar-refractivity contribution in [1.82, 2.24) is 41.7 Å². The fraction of sp³-hybridized carbons (Fsp3) is 0.604. The summed E-state index contributed by atoms with van der Waals surface area (Å²) in [6.07, 6.45) is -6.29. The van der Waals surface area contributed by atoms with Crippen molar-refractivity contribution in [1.29, 1.82) is 0 Å². The number of carbonyl (C=O) groups is 9. The molecule has 27 nitrogen and oxygen atoms in total. The third kappa shape index (κ3) is 19.7. The molecule has 0 saturated carbocycles. The number of ether oxygens (including phenoxy) is 2. The van der Waals surface area contributed by atoms with Gasteiger partial charge in [0.15, 0.2) is 12.3 Å². The maximum atomic E-state index is 15.0. The van der Waals surface area contributed by atoms with Crippen LogP contribution in [-0.2, 0) is 80.0 Å². The first-order chi connectivity index (χ1) is 38.2. The molecule has 0 radical (unpaired) electrons. The Balaban J connectivity index is 1.89. The molecule has 2 aromatic rings. The highest BCUT2D eigenvalue weighted by Gasteiger charge is 2.47. The zero-order valence-corrected chi connectivity index (χ0v) is 47.4. The SMILES string of the molecule is CC[C@H](C)[C@@H]1NC(=O)[C@H](Cc2ccccc2)N(C)C(=O)[C@H]([C@@H](C)CC)N2C(=O)[C@H](CC[C@H]2O)NC(=O)[C@H](NCCCC[C@@H](N)C(=O)O)NC(=O)[C@@H](NC(=O)[C@@H](CCc2ccc(O)cc2)NC(=O)[C@@H](COS(=O)(=O)O)OC)[C@@H](C)OC1=O. The molecule has 450 valence electrons. The van der Waals surface area contributed by atoms with Crippen LogP contribution in [-0.4, -0.2) is 186 Å². The Hall–Kier alpha value is -6.82. The monoisotopic (exact) mass is 1160 g/mol. The average molecular weight is 1160 g/mol. The molecule has 4 rings (SSSR count). The summed E-state index contributed by atoms with van der Waals surface area (Å²) in [7, 11) is -2.69. The van der Waals surface area contributed by atoms with Gasteiger partial charge in [-0.05, 0) is 87.1 Å². The second-order valence-corrected chi connectivity index (χ2v) is 21.5. The number of nitrogens with zero attached hydrogens (tertiary/aromatic N) is 2. The van der Waals surface area contributed by atoms with Gasteiger partial charge in [0.1, 0.15) is 67.0 Å². The number of aryl methyl sites for hydroxylation is 1. The van der Waals surface area contributed by atoms with Gasteiger partial charge >= 0.3 is 22.3 Å². The number of cyclic esters (lactones) is 1. The number of hydrogen-bond acceptors (Lipinski definition) is 18. The number of carboxylic acids is 1. The van der Waals surface area contributed by atoms with Gasteiger partial charge in [0.2, 0.25) is 29.5 Å². The lowest BCUT2D eigenvalue weighted by Crippen LogP contribution is -2.67. The van der Waals surface area contributed by atoms with Crippen LogP contribution in [0.4, 0.5) is 0 Å². The number of rotatable bonds is 24. The standard InChI is InChI=1S/C53H79N9O18S/c1-8-29(3)41-53(74)80-31(5)42(59-45(65)36(23-20-32-18-21-34(63)22-19-32)56-47(67)39(78-7)28-79-81(75,76)77)48(68)60-44(55-26-14-13-17-35(54)52(72)73)49(69)57-37-24-25-40(64)62(50(37)70)43(30(4)9-2)51(71)61(6)38(46(66)58-41)27-33-15-11-10-12-16-33/h10-12,15-16,18-19,21-22,29-31,35-44,55,63-64H,8-9,13-14,17,20,23-28,54H2,1-7H3,(H,56,67)(H,57,69)(H,58,66)(H,59,65)(H,60,68)(H,72,73)(H,75,76,77)/t29-,30-,31+,35+,36+,37-,38-,39+,40+,41-,42-,43-,44+/m0/s1. The Kier molecular flexibility index (Phi) is 25.9. The number of fused-ring (bicyclic) bond motifs is 2. The molecule has 12 N–H and O–H groups in total. The molecule has 2 aliphatic rings. The van der Waals surface area contributed by atoms with Crippen molar-refractivity contribution in [3.63, 3.8) is 0 Å². The van der Waals surface area contributed by atoms with E-state index >= 15 is 4.79 Å². The Labute approximate surface area is 471 Å². The van der Waals surface area contributed by atoms with E-state index in [2.05, 4.69) is 36.1 Å². The molecule has 2 heterocycles. The second kappa shape index (κ2) is 31.4. The minimum atomic E-state index is -5.07. The van der Waals surface area contributed by atoms with Gasteiger partial charge in [0.05, 0.1) is 0 Å². The number of aromatic hydroxyl groups is 1. The number of amides is 7. The van der Waals surface area contributed by atoms with E-state index < -0.39 is 149 Å². The van der Waals surface area contributed by atoms with Crippen molar-refractivity contribution < 1.29 is 85.1 Å². The van der Waals surface area contributed by atoms with Crippen molar-refractivity contribution in [3.05, 3.63) is 65.7 Å². The lowest BCUT2D eigenvalue weighted by molar-refractivity contribution is -0.168. The van der Waals surface area contributed by atoms with Crippen molar-refractivity contribution >= 4 is 63.7 Å². The molecule has 28 heteroatoms. The van der Waals surface area contributed by atoms with Crippen LogP contribution in [0, 0.1) is 11.8 Å². The number of unbranched alkanes of at least 4 members (excludes halogenated alkanes) is 1. The fourth-order valence-electron chi connectivity index (χ4n) is 9.18. The second-order valence-electron chi connectivity index (χ2n) is 20.4. The number of aliphatic hydroxyl groups excluding tert-OH is 1. The number of aliphatic carboxylic acids is 1. The molecule has 81 heavy (non-hydrogen) atoms. The van der Waals surface area contributed by atoms with Gasteiger partial charge in [-0.3, -0.25) is 48.2 Å². The summed E-state index contributed by atoms with van der Waals surface area (Å²) in [5.74, 6) is -10.6. The highest BCUT2D eigenvalue weighted by molar-refractivity contribution is 7.80. The van der Waals surface area contributed by atoms with Gasteiger partial charge in [0, 0.05) is 20.6 Å². The first kappa shape index (κ1) is 66.7. The number of carbonyl (C=O) groups excluding carboxylic acids is 8. The third-order valence-corrected chi connectivity index (χ3v) is 15.0. The van der Waals surface area contributed by atoms with Crippen LogP contribution in [0.15, 0.2) is 54.6 Å². The first-order valence-corrected chi connectivity index (χ1v) is 28.3. The summed E-state index contributed by atoms with van der Waals surface area (Å²) in [4.78, 5) is 131. The summed E-state index contributed by atoms with van der Waals surface area (Å²) in [5, 5.41) is 46.5. The van der Waals surface area contributed by atoms with E-state index in [0.717, 1.165) is 16.9 Å². The smallest absolute Gasteiger partial charge is 0.397 e. The Morgan fingerprint density at radius 3 is 2.11 bits per heavy atom. The van der Waals surface area contributed by atoms with Crippen molar-refractivity contribution in [2.45, 2.75) is 166 Å². The number of phenolic OH excluding ortho intramolecular Hbond substituents is 1. The van der Waals surface area contributed by atoms with E-state index in [1.54, 1.807) is 58.0 Å². The number of aliphatic hydroxyl groups is 1. The molecule has 13 atom stereocenters. The average Bonchev–Trinajstić information content (AvgIpc) is 3.52. The molecule has 0 aromatic heterocycles. The van der Waals surface area contributed by atoms with Gasteiger partial charge in [0.25, 0.3) is 11.8 Å². The molecule has 2 saturated heterocycles. The van der Waals surface area contributed by atoms with E-state index in [1.807, 2.05) is 0 Å².